The summed E-state index contributed by atoms with van der Waals surface area (Å²) >= 11 is 2.06. The van der Waals surface area contributed by atoms with E-state index in [1.54, 1.807) is 0 Å². The number of thioether (sulfide) groups is 1. The lowest BCUT2D eigenvalue weighted by atomic mass is 9.89. The van der Waals surface area contributed by atoms with Crippen molar-refractivity contribution in [2.24, 2.45) is 5.73 Å². The molecule has 4 heteroatoms. The first-order valence-electron chi connectivity index (χ1n) is 5.48. The molecule has 2 rings (SSSR count). The van der Waals surface area contributed by atoms with Crippen molar-refractivity contribution >= 4 is 11.8 Å². The van der Waals surface area contributed by atoms with Gasteiger partial charge in [-0.05, 0) is 24.3 Å². The zero-order valence-corrected chi connectivity index (χ0v) is 9.52. The molecule has 0 aliphatic carbocycles. The van der Waals surface area contributed by atoms with Crippen LogP contribution in [0.15, 0.2) is 0 Å². The molecule has 0 saturated carbocycles. The van der Waals surface area contributed by atoms with Crippen LogP contribution in [-0.2, 0) is 4.74 Å². The van der Waals surface area contributed by atoms with Gasteiger partial charge in [0.2, 0.25) is 0 Å². The summed E-state index contributed by atoms with van der Waals surface area (Å²) in [5.41, 5.74) is 6.28. The number of nitrogens with zero attached hydrogens (tertiary/aromatic N) is 1. The summed E-state index contributed by atoms with van der Waals surface area (Å²) in [6.45, 7) is 4.72. The van der Waals surface area contributed by atoms with E-state index >= 15 is 0 Å². The van der Waals surface area contributed by atoms with Gasteiger partial charge in [0.15, 0.2) is 0 Å². The summed E-state index contributed by atoms with van der Waals surface area (Å²) in [7, 11) is 0. The lowest BCUT2D eigenvalue weighted by Gasteiger charge is -2.47. The summed E-state index contributed by atoms with van der Waals surface area (Å²) in [5, 5.41) is 0. The minimum atomic E-state index is 0.301. The third kappa shape index (κ3) is 2.08. The topological polar surface area (TPSA) is 38.5 Å². The maximum absolute atomic E-state index is 5.98. The highest BCUT2D eigenvalue weighted by Gasteiger charge is 2.37. The van der Waals surface area contributed by atoms with Crippen molar-refractivity contribution in [1.82, 2.24) is 4.90 Å². The Morgan fingerprint density at radius 3 is 2.43 bits per heavy atom. The molecule has 0 bridgehead atoms. The van der Waals surface area contributed by atoms with E-state index in [4.69, 9.17) is 10.5 Å². The first-order valence-corrected chi connectivity index (χ1v) is 6.63. The van der Waals surface area contributed by atoms with Gasteiger partial charge in [-0.3, -0.25) is 4.90 Å². The van der Waals surface area contributed by atoms with Crippen molar-refractivity contribution in [3.8, 4) is 0 Å². The Hall–Kier alpha value is 0.230. The van der Waals surface area contributed by atoms with Crippen LogP contribution in [0.3, 0.4) is 0 Å². The van der Waals surface area contributed by atoms with Gasteiger partial charge < -0.3 is 10.5 Å². The van der Waals surface area contributed by atoms with Gasteiger partial charge >= 0.3 is 0 Å². The molecule has 2 N–H and O–H groups in total. The molecule has 0 amide bonds. The van der Waals surface area contributed by atoms with Crippen LogP contribution in [0.1, 0.15) is 12.8 Å². The van der Waals surface area contributed by atoms with Crippen LogP contribution in [-0.4, -0.2) is 54.8 Å². The van der Waals surface area contributed by atoms with Gasteiger partial charge in [-0.2, -0.15) is 11.8 Å². The monoisotopic (exact) mass is 216 g/mol. The number of hydrogen-bond acceptors (Lipinski definition) is 4. The molecule has 0 aromatic rings. The van der Waals surface area contributed by atoms with Crippen molar-refractivity contribution < 1.29 is 4.74 Å². The quantitative estimate of drug-likeness (QED) is 0.731. The number of rotatable bonds is 2. The van der Waals surface area contributed by atoms with Crippen molar-refractivity contribution in [3.05, 3.63) is 0 Å². The van der Waals surface area contributed by atoms with Gasteiger partial charge in [0.05, 0.1) is 13.2 Å². The van der Waals surface area contributed by atoms with Crippen LogP contribution >= 0.6 is 11.8 Å². The Balaban J connectivity index is 2.01. The Kier molecular flexibility index (Phi) is 3.71. The normalized spacial score (nSPS) is 28.9. The first-order chi connectivity index (χ1) is 6.87. The molecule has 2 heterocycles. The molecule has 82 valence electrons. The molecule has 0 unspecified atom stereocenters. The maximum Gasteiger partial charge on any atom is 0.0594 e. The van der Waals surface area contributed by atoms with E-state index in [0.29, 0.717) is 5.54 Å². The molecule has 3 nitrogen and oxygen atoms in total. The van der Waals surface area contributed by atoms with Gasteiger partial charge in [0.1, 0.15) is 0 Å². The van der Waals surface area contributed by atoms with Crippen LogP contribution in [0.5, 0.6) is 0 Å². The molecule has 0 spiro atoms. The summed E-state index contributed by atoms with van der Waals surface area (Å²) < 4.78 is 5.39. The highest BCUT2D eigenvalue weighted by atomic mass is 32.2. The second-order valence-electron chi connectivity index (χ2n) is 4.14. The van der Waals surface area contributed by atoms with Crippen molar-refractivity contribution in [2.45, 2.75) is 18.4 Å². The number of ether oxygens (including phenoxy) is 1. The molecule has 2 aliphatic rings. The fraction of sp³-hybridized carbons (Fsp3) is 1.00. The van der Waals surface area contributed by atoms with Crippen LogP contribution in [0.25, 0.3) is 0 Å². The number of morpholine rings is 1. The maximum atomic E-state index is 5.98. The molecule has 2 saturated heterocycles. The van der Waals surface area contributed by atoms with Crippen LogP contribution in [0, 0.1) is 0 Å². The van der Waals surface area contributed by atoms with Crippen molar-refractivity contribution in [1.29, 1.82) is 0 Å². The predicted octanol–water partition coefficient (Wildman–Crippen LogP) is 0.543. The second kappa shape index (κ2) is 4.84. The molecule has 0 aromatic heterocycles. The zero-order chi connectivity index (χ0) is 9.86. The Labute approximate surface area is 90.3 Å². The van der Waals surface area contributed by atoms with Gasteiger partial charge in [-0.1, -0.05) is 0 Å². The third-order valence-electron chi connectivity index (χ3n) is 3.49. The van der Waals surface area contributed by atoms with Crippen LogP contribution < -0.4 is 5.73 Å². The molecule has 14 heavy (non-hydrogen) atoms. The zero-order valence-electron chi connectivity index (χ0n) is 8.71. The molecule has 2 aliphatic heterocycles. The SMILES string of the molecule is NCC1(N2CCOCC2)CCSCC1. The number of nitrogens with two attached hydrogens (primary N) is 1. The largest absolute Gasteiger partial charge is 0.379 e. The fourth-order valence-electron chi connectivity index (χ4n) is 2.44. The van der Waals surface area contributed by atoms with E-state index in [-0.39, 0.29) is 0 Å². The average molecular weight is 216 g/mol. The van der Waals surface area contributed by atoms with E-state index < -0.39 is 0 Å². The lowest BCUT2D eigenvalue weighted by Crippen LogP contribution is -2.59. The molecule has 0 aromatic carbocycles. The second-order valence-corrected chi connectivity index (χ2v) is 5.37. The predicted molar refractivity (Wildman–Crippen MR) is 60.7 cm³/mol. The smallest absolute Gasteiger partial charge is 0.0594 e. The third-order valence-corrected chi connectivity index (χ3v) is 4.47. The van der Waals surface area contributed by atoms with Gasteiger partial charge in [-0.25, -0.2) is 0 Å². The summed E-state index contributed by atoms with van der Waals surface area (Å²) in [5.74, 6) is 2.54. The summed E-state index contributed by atoms with van der Waals surface area (Å²) in [6.07, 6.45) is 2.52. The lowest BCUT2D eigenvalue weighted by molar-refractivity contribution is -0.0229. The van der Waals surface area contributed by atoms with Gasteiger partial charge in [-0.15, -0.1) is 0 Å². The van der Waals surface area contributed by atoms with E-state index in [1.807, 2.05) is 0 Å². The van der Waals surface area contributed by atoms with E-state index in [2.05, 4.69) is 16.7 Å². The minimum Gasteiger partial charge on any atom is -0.379 e. The van der Waals surface area contributed by atoms with E-state index in [1.165, 1.54) is 24.3 Å². The highest BCUT2D eigenvalue weighted by Crippen LogP contribution is 2.32. The van der Waals surface area contributed by atoms with Crippen LogP contribution in [0.4, 0.5) is 0 Å². The number of hydrogen-bond donors (Lipinski definition) is 1. The van der Waals surface area contributed by atoms with Gasteiger partial charge in [0.25, 0.3) is 0 Å². The van der Waals surface area contributed by atoms with Crippen molar-refractivity contribution in [3.63, 3.8) is 0 Å². The molecular weight excluding hydrogens is 196 g/mol. The molecular formula is C10H20N2OS. The fourth-order valence-corrected chi connectivity index (χ4v) is 3.69. The standard InChI is InChI=1S/C10H20N2OS/c11-9-10(1-7-14-8-2-10)12-3-5-13-6-4-12/h1-9,11H2. The highest BCUT2D eigenvalue weighted by molar-refractivity contribution is 7.99. The van der Waals surface area contributed by atoms with Gasteiger partial charge in [0, 0.05) is 25.2 Å². The minimum absolute atomic E-state index is 0.301. The van der Waals surface area contributed by atoms with Crippen molar-refractivity contribution in [2.75, 3.05) is 44.4 Å². The average Bonchev–Trinajstić information content (AvgIpc) is 2.31. The summed E-state index contributed by atoms with van der Waals surface area (Å²) in [4.78, 5) is 2.57. The Morgan fingerprint density at radius 2 is 1.86 bits per heavy atom. The van der Waals surface area contributed by atoms with E-state index in [9.17, 15) is 0 Å². The summed E-state index contributed by atoms with van der Waals surface area (Å²) in [6, 6.07) is 0. The molecule has 0 radical (unpaired) electrons. The van der Waals surface area contributed by atoms with E-state index in [0.717, 1.165) is 32.8 Å². The molecule has 2 fully saturated rings. The van der Waals surface area contributed by atoms with Crippen LogP contribution in [0.2, 0.25) is 0 Å². The Morgan fingerprint density at radius 1 is 1.21 bits per heavy atom. The molecule has 0 atom stereocenters. The Bertz CT molecular complexity index is 177. The first kappa shape index (κ1) is 10.7.